The average Bonchev–Trinajstić information content (AvgIpc) is 3.07. The number of hydrazine groups is 1. The van der Waals surface area contributed by atoms with Crippen LogP contribution in [0.25, 0.3) is 28.1 Å². The van der Waals surface area contributed by atoms with Crippen molar-refractivity contribution in [2.75, 3.05) is 5.43 Å². The standard InChI is InChI=1S/C15H12N8/c16-20-14-11-8-19-23(15(11)18-9-17-14)13-7-6-12(21-22-13)10-4-2-1-3-5-10/h1-9H,16H2,(H,17,18,20). The molecule has 0 unspecified atom stereocenters. The molecule has 23 heavy (non-hydrogen) atoms. The van der Waals surface area contributed by atoms with Gasteiger partial charge < -0.3 is 5.43 Å². The van der Waals surface area contributed by atoms with Gasteiger partial charge in [0.15, 0.2) is 17.3 Å². The predicted octanol–water partition coefficient (Wildman–Crippen LogP) is 1.56. The highest BCUT2D eigenvalue weighted by Crippen LogP contribution is 2.21. The Bertz CT molecular complexity index is 946. The van der Waals surface area contributed by atoms with E-state index in [4.69, 9.17) is 5.84 Å². The van der Waals surface area contributed by atoms with Crippen LogP contribution in [0.5, 0.6) is 0 Å². The Morgan fingerprint density at radius 1 is 0.957 bits per heavy atom. The third kappa shape index (κ3) is 2.27. The maximum absolute atomic E-state index is 5.44. The highest BCUT2D eigenvalue weighted by Gasteiger charge is 2.11. The molecule has 0 aliphatic carbocycles. The van der Waals surface area contributed by atoms with E-state index in [-0.39, 0.29) is 0 Å². The minimum absolute atomic E-state index is 0.509. The number of nitrogens with zero attached hydrogens (tertiary/aromatic N) is 6. The first-order valence-corrected chi connectivity index (χ1v) is 6.91. The summed E-state index contributed by atoms with van der Waals surface area (Å²) in [5.74, 6) is 6.52. The van der Waals surface area contributed by atoms with Crippen molar-refractivity contribution in [3.8, 4) is 17.1 Å². The second-order valence-electron chi connectivity index (χ2n) is 4.80. The highest BCUT2D eigenvalue weighted by molar-refractivity contribution is 5.86. The van der Waals surface area contributed by atoms with Gasteiger partial charge in [-0.2, -0.15) is 9.78 Å². The number of nitrogens with one attached hydrogen (secondary N) is 1. The lowest BCUT2D eigenvalue weighted by molar-refractivity contribution is 0.829. The second-order valence-corrected chi connectivity index (χ2v) is 4.80. The molecular formula is C15H12N8. The second kappa shape index (κ2) is 5.43. The number of hydrogen-bond donors (Lipinski definition) is 2. The molecule has 0 saturated heterocycles. The minimum atomic E-state index is 0.509. The van der Waals surface area contributed by atoms with Crippen molar-refractivity contribution in [3.05, 3.63) is 55.0 Å². The van der Waals surface area contributed by atoms with E-state index in [0.29, 0.717) is 22.7 Å². The summed E-state index contributed by atoms with van der Waals surface area (Å²) < 4.78 is 1.60. The number of aromatic nitrogens is 6. The summed E-state index contributed by atoms with van der Waals surface area (Å²) in [6, 6.07) is 13.6. The van der Waals surface area contributed by atoms with Gasteiger partial charge in [-0.05, 0) is 12.1 Å². The Morgan fingerprint density at radius 3 is 2.57 bits per heavy atom. The molecule has 0 radical (unpaired) electrons. The van der Waals surface area contributed by atoms with Crippen molar-refractivity contribution in [2.24, 2.45) is 5.84 Å². The van der Waals surface area contributed by atoms with Crippen LogP contribution in [0.15, 0.2) is 55.0 Å². The number of rotatable bonds is 3. The molecule has 3 N–H and O–H groups in total. The summed E-state index contributed by atoms with van der Waals surface area (Å²) in [6.45, 7) is 0. The van der Waals surface area contributed by atoms with Crippen LogP contribution in [0.3, 0.4) is 0 Å². The fraction of sp³-hybridized carbons (Fsp3) is 0. The molecule has 0 bridgehead atoms. The van der Waals surface area contributed by atoms with E-state index >= 15 is 0 Å². The Hall–Kier alpha value is -3.39. The predicted molar refractivity (Wildman–Crippen MR) is 85.5 cm³/mol. The molecule has 8 nitrogen and oxygen atoms in total. The highest BCUT2D eigenvalue weighted by atomic mass is 15.4. The van der Waals surface area contributed by atoms with Gasteiger partial charge in [0.05, 0.1) is 17.3 Å². The van der Waals surface area contributed by atoms with Crippen molar-refractivity contribution < 1.29 is 0 Å². The monoisotopic (exact) mass is 304 g/mol. The summed E-state index contributed by atoms with van der Waals surface area (Å²) in [5, 5.41) is 13.5. The van der Waals surface area contributed by atoms with Crippen LogP contribution in [0.2, 0.25) is 0 Å². The first kappa shape index (κ1) is 13.3. The maximum Gasteiger partial charge on any atom is 0.178 e. The molecule has 0 amide bonds. The molecule has 3 heterocycles. The number of nitrogens with two attached hydrogens (primary N) is 1. The van der Waals surface area contributed by atoms with Crippen molar-refractivity contribution in [1.82, 2.24) is 29.9 Å². The largest absolute Gasteiger partial charge is 0.308 e. The summed E-state index contributed by atoms with van der Waals surface area (Å²) >= 11 is 0. The summed E-state index contributed by atoms with van der Waals surface area (Å²) in [5.41, 5.74) is 4.94. The van der Waals surface area contributed by atoms with Crippen LogP contribution >= 0.6 is 0 Å². The number of nitrogen functional groups attached to an aromatic ring is 1. The van der Waals surface area contributed by atoms with E-state index in [1.807, 2.05) is 42.5 Å². The van der Waals surface area contributed by atoms with Gasteiger partial charge in [0.2, 0.25) is 0 Å². The fourth-order valence-corrected chi connectivity index (χ4v) is 2.33. The van der Waals surface area contributed by atoms with Crippen molar-refractivity contribution >= 4 is 16.9 Å². The molecule has 0 aliphatic heterocycles. The SMILES string of the molecule is NNc1ncnc2c1cnn2-c1ccc(-c2ccccc2)nn1. The number of anilines is 1. The fourth-order valence-electron chi connectivity index (χ4n) is 2.33. The first-order valence-electron chi connectivity index (χ1n) is 6.91. The molecule has 4 aromatic rings. The average molecular weight is 304 g/mol. The normalized spacial score (nSPS) is 10.8. The zero-order chi connectivity index (χ0) is 15.6. The molecule has 0 fully saturated rings. The van der Waals surface area contributed by atoms with Crippen molar-refractivity contribution in [1.29, 1.82) is 0 Å². The lowest BCUT2D eigenvalue weighted by Gasteiger charge is -2.04. The Balaban J connectivity index is 1.77. The minimum Gasteiger partial charge on any atom is -0.308 e. The van der Waals surface area contributed by atoms with E-state index in [9.17, 15) is 0 Å². The van der Waals surface area contributed by atoms with Crippen LogP contribution < -0.4 is 11.3 Å². The smallest absolute Gasteiger partial charge is 0.178 e. The van der Waals surface area contributed by atoms with E-state index in [1.54, 1.807) is 10.9 Å². The quantitative estimate of drug-likeness (QED) is 0.437. The maximum atomic E-state index is 5.44. The summed E-state index contributed by atoms with van der Waals surface area (Å²) in [6.07, 6.45) is 3.05. The van der Waals surface area contributed by atoms with Gasteiger partial charge in [-0.15, -0.1) is 10.2 Å². The zero-order valence-corrected chi connectivity index (χ0v) is 12.0. The molecule has 3 aromatic heterocycles. The number of benzene rings is 1. The Labute approximate surface area is 131 Å². The van der Waals surface area contributed by atoms with Gasteiger partial charge in [-0.25, -0.2) is 15.8 Å². The lowest BCUT2D eigenvalue weighted by atomic mass is 10.1. The molecular weight excluding hydrogens is 292 g/mol. The molecule has 0 spiro atoms. The molecule has 4 rings (SSSR count). The van der Waals surface area contributed by atoms with E-state index in [1.165, 1.54) is 6.33 Å². The topological polar surface area (TPSA) is 107 Å². The first-order chi connectivity index (χ1) is 11.4. The molecule has 8 heteroatoms. The lowest BCUT2D eigenvalue weighted by Crippen LogP contribution is -2.09. The molecule has 1 aromatic carbocycles. The molecule has 0 atom stereocenters. The van der Waals surface area contributed by atoms with Crippen LogP contribution in [0.4, 0.5) is 5.82 Å². The van der Waals surface area contributed by atoms with Crippen LogP contribution in [0.1, 0.15) is 0 Å². The van der Waals surface area contributed by atoms with Crippen LogP contribution in [0, 0.1) is 0 Å². The van der Waals surface area contributed by atoms with Gasteiger partial charge in [-0.1, -0.05) is 30.3 Å². The van der Waals surface area contributed by atoms with Gasteiger partial charge in [0.1, 0.15) is 6.33 Å². The molecule has 0 saturated carbocycles. The van der Waals surface area contributed by atoms with Gasteiger partial charge in [0.25, 0.3) is 0 Å². The van der Waals surface area contributed by atoms with E-state index in [0.717, 1.165) is 11.3 Å². The van der Waals surface area contributed by atoms with E-state index < -0.39 is 0 Å². The van der Waals surface area contributed by atoms with Gasteiger partial charge in [-0.3, -0.25) is 0 Å². The van der Waals surface area contributed by atoms with Crippen molar-refractivity contribution in [3.63, 3.8) is 0 Å². The van der Waals surface area contributed by atoms with Gasteiger partial charge in [0, 0.05) is 5.56 Å². The third-order valence-corrected chi connectivity index (χ3v) is 3.44. The number of hydrogen-bond acceptors (Lipinski definition) is 7. The van der Waals surface area contributed by atoms with Crippen LogP contribution in [-0.4, -0.2) is 29.9 Å². The Morgan fingerprint density at radius 2 is 1.83 bits per heavy atom. The van der Waals surface area contributed by atoms with Crippen molar-refractivity contribution in [2.45, 2.75) is 0 Å². The molecule has 0 aliphatic rings. The summed E-state index contributed by atoms with van der Waals surface area (Å²) in [7, 11) is 0. The van der Waals surface area contributed by atoms with Gasteiger partial charge >= 0.3 is 0 Å². The Kier molecular flexibility index (Phi) is 3.13. The number of fused-ring (bicyclic) bond motifs is 1. The zero-order valence-electron chi connectivity index (χ0n) is 12.0. The van der Waals surface area contributed by atoms with E-state index in [2.05, 4.69) is 30.7 Å². The molecule has 112 valence electrons. The van der Waals surface area contributed by atoms with Crippen LogP contribution in [-0.2, 0) is 0 Å². The third-order valence-electron chi connectivity index (χ3n) is 3.44. The summed E-state index contributed by atoms with van der Waals surface area (Å²) in [4.78, 5) is 8.28.